The third-order valence-electron chi connectivity index (χ3n) is 3.45. The lowest BCUT2D eigenvalue weighted by Gasteiger charge is -2.22. The van der Waals surface area contributed by atoms with Crippen LogP contribution in [0.25, 0.3) is 10.1 Å². The van der Waals surface area contributed by atoms with Gasteiger partial charge < -0.3 is 5.11 Å². The molecule has 0 aliphatic rings. The Bertz CT molecular complexity index is 712. The van der Waals surface area contributed by atoms with Gasteiger partial charge in [-0.25, -0.2) is 4.39 Å². The first kappa shape index (κ1) is 13.3. The minimum Gasteiger partial charge on any atom is -0.384 e. The molecular formula is C17H15FOS. The Kier molecular flexibility index (Phi) is 3.32. The maximum absolute atomic E-state index is 13.7. The third-order valence-corrected chi connectivity index (χ3v) is 4.82. The van der Waals surface area contributed by atoms with Crippen LogP contribution < -0.4 is 0 Å². The van der Waals surface area contributed by atoms with E-state index in [2.05, 4.69) is 0 Å². The highest BCUT2D eigenvalue weighted by Gasteiger charge is 2.27. The van der Waals surface area contributed by atoms with Gasteiger partial charge in [0.2, 0.25) is 0 Å². The zero-order valence-electron chi connectivity index (χ0n) is 11.1. The van der Waals surface area contributed by atoms with E-state index in [1.165, 1.54) is 6.07 Å². The van der Waals surface area contributed by atoms with Crippen molar-refractivity contribution in [3.05, 3.63) is 70.9 Å². The second-order valence-electron chi connectivity index (χ2n) is 5.19. The summed E-state index contributed by atoms with van der Waals surface area (Å²) < 4.78 is 14.9. The van der Waals surface area contributed by atoms with Gasteiger partial charge in [0, 0.05) is 16.0 Å². The predicted octanol–water partition coefficient (Wildman–Crippen LogP) is 4.49. The molecule has 0 bridgehead atoms. The summed E-state index contributed by atoms with van der Waals surface area (Å²) in [6, 6.07) is 16.6. The number of hydrogen-bond donors (Lipinski definition) is 1. The van der Waals surface area contributed by atoms with E-state index in [4.69, 9.17) is 0 Å². The molecule has 1 aromatic heterocycles. The van der Waals surface area contributed by atoms with Crippen LogP contribution in [0.4, 0.5) is 4.39 Å². The highest BCUT2D eigenvalue weighted by Crippen LogP contribution is 2.35. The third kappa shape index (κ3) is 2.47. The molecule has 1 unspecified atom stereocenters. The Morgan fingerprint density at radius 1 is 1.10 bits per heavy atom. The maximum Gasteiger partial charge on any atom is 0.126 e. The van der Waals surface area contributed by atoms with Crippen molar-refractivity contribution in [3.63, 3.8) is 0 Å². The van der Waals surface area contributed by atoms with Gasteiger partial charge in [-0.05, 0) is 36.1 Å². The molecule has 1 nitrogen and oxygen atoms in total. The van der Waals surface area contributed by atoms with Crippen LogP contribution in [0.5, 0.6) is 0 Å². The Labute approximate surface area is 121 Å². The number of aliphatic hydroxyl groups is 1. The summed E-state index contributed by atoms with van der Waals surface area (Å²) in [5.74, 6) is -0.270. The molecule has 3 heteroatoms. The Morgan fingerprint density at radius 2 is 1.80 bits per heavy atom. The predicted molar refractivity (Wildman–Crippen MR) is 81.5 cm³/mol. The van der Waals surface area contributed by atoms with Crippen LogP contribution in [0, 0.1) is 5.82 Å². The van der Waals surface area contributed by atoms with Crippen LogP contribution in [0.3, 0.4) is 0 Å². The summed E-state index contributed by atoms with van der Waals surface area (Å²) in [5.41, 5.74) is -0.527. The highest BCUT2D eigenvalue weighted by molar-refractivity contribution is 7.19. The number of rotatable bonds is 3. The van der Waals surface area contributed by atoms with Crippen molar-refractivity contribution in [3.8, 4) is 0 Å². The average Bonchev–Trinajstić information content (AvgIpc) is 2.86. The van der Waals surface area contributed by atoms with Gasteiger partial charge in [-0.2, -0.15) is 0 Å². The number of thiophene rings is 1. The molecule has 1 atom stereocenters. The SMILES string of the molecule is CC(O)(Cc1ccccc1F)c1cc2ccccc2s1. The maximum atomic E-state index is 13.7. The number of fused-ring (bicyclic) bond motifs is 1. The fourth-order valence-electron chi connectivity index (χ4n) is 2.35. The zero-order valence-corrected chi connectivity index (χ0v) is 12.0. The topological polar surface area (TPSA) is 20.2 Å². The van der Waals surface area contributed by atoms with Gasteiger partial charge in [0.25, 0.3) is 0 Å². The number of benzene rings is 2. The molecule has 3 rings (SSSR count). The number of hydrogen-bond acceptors (Lipinski definition) is 2. The van der Waals surface area contributed by atoms with E-state index in [0.717, 1.165) is 15.0 Å². The molecule has 1 heterocycles. The molecule has 0 spiro atoms. The standard InChI is InChI=1S/C17H15FOS/c1-17(19,11-13-7-2-4-8-14(13)18)16-10-12-6-3-5-9-15(12)20-16/h2-10,19H,11H2,1H3. The van der Waals surface area contributed by atoms with E-state index < -0.39 is 5.60 Å². The second kappa shape index (κ2) is 5.00. The van der Waals surface area contributed by atoms with Crippen molar-refractivity contribution < 1.29 is 9.50 Å². The molecule has 3 aromatic rings. The van der Waals surface area contributed by atoms with Crippen molar-refractivity contribution in [1.82, 2.24) is 0 Å². The summed E-state index contributed by atoms with van der Waals surface area (Å²) in [5, 5.41) is 11.8. The molecule has 2 aromatic carbocycles. The van der Waals surface area contributed by atoms with Crippen molar-refractivity contribution >= 4 is 21.4 Å². The van der Waals surface area contributed by atoms with Gasteiger partial charge in [0.1, 0.15) is 11.4 Å². The quantitative estimate of drug-likeness (QED) is 0.752. The van der Waals surface area contributed by atoms with Crippen LogP contribution in [-0.4, -0.2) is 5.11 Å². The van der Waals surface area contributed by atoms with Crippen LogP contribution in [0.1, 0.15) is 17.4 Å². The lowest BCUT2D eigenvalue weighted by Crippen LogP contribution is -2.23. The van der Waals surface area contributed by atoms with Crippen molar-refractivity contribution in [2.75, 3.05) is 0 Å². The van der Waals surface area contributed by atoms with E-state index in [0.29, 0.717) is 5.56 Å². The summed E-state index contributed by atoms with van der Waals surface area (Å²) >= 11 is 1.56. The monoisotopic (exact) mass is 286 g/mol. The molecule has 0 radical (unpaired) electrons. The summed E-state index contributed by atoms with van der Waals surface area (Å²) in [6.45, 7) is 1.74. The Balaban J connectivity index is 1.97. The molecule has 20 heavy (non-hydrogen) atoms. The van der Waals surface area contributed by atoms with E-state index in [9.17, 15) is 9.50 Å². The highest BCUT2D eigenvalue weighted by atomic mass is 32.1. The van der Waals surface area contributed by atoms with Gasteiger partial charge >= 0.3 is 0 Å². The first-order valence-electron chi connectivity index (χ1n) is 6.51. The molecule has 0 saturated carbocycles. The molecule has 0 aliphatic carbocycles. The van der Waals surface area contributed by atoms with Crippen molar-refractivity contribution in [2.24, 2.45) is 0 Å². The molecule has 102 valence electrons. The molecule has 1 N–H and O–H groups in total. The first-order valence-corrected chi connectivity index (χ1v) is 7.33. The van der Waals surface area contributed by atoms with Crippen LogP contribution in [-0.2, 0) is 12.0 Å². The Hall–Kier alpha value is -1.71. The lowest BCUT2D eigenvalue weighted by molar-refractivity contribution is 0.0606. The van der Waals surface area contributed by atoms with Gasteiger partial charge in [0.15, 0.2) is 0 Å². The van der Waals surface area contributed by atoms with Crippen LogP contribution in [0.15, 0.2) is 54.6 Å². The van der Waals surface area contributed by atoms with Gasteiger partial charge in [-0.3, -0.25) is 0 Å². The van der Waals surface area contributed by atoms with Crippen molar-refractivity contribution in [2.45, 2.75) is 18.9 Å². The summed E-state index contributed by atoms with van der Waals surface area (Å²) in [4.78, 5) is 0.863. The van der Waals surface area contributed by atoms with Crippen molar-refractivity contribution in [1.29, 1.82) is 0 Å². The minimum atomic E-state index is -1.06. The fourth-order valence-corrected chi connectivity index (χ4v) is 3.45. The summed E-state index contributed by atoms with van der Waals surface area (Å²) in [7, 11) is 0. The van der Waals surface area contributed by atoms with Crippen LogP contribution in [0.2, 0.25) is 0 Å². The zero-order chi connectivity index (χ0) is 14.2. The fraction of sp³-hybridized carbons (Fsp3) is 0.176. The normalized spacial score (nSPS) is 14.3. The second-order valence-corrected chi connectivity index (χ2v) is 6.27. The van der Waals surface area contributed by atoms with Gasteiger partial charge in [-0.1, -0.05) is 36.4 Å². The van der Waals surface area contributed by atoms with E-state index >= 15 is 0 Å². The van der Waals surface area contributed by atoms with Crippen LogP contribution >= 0.6 is 11.3 Å². The summed E-state index contributed by atoms with van der Waals surface area (Å²) in [6.07, 6.45) is 0.270. The molecular weight excluding hydrogens is 271 g/mol. The smallest absolute Gasteiger partial charge is 0.126 e. The molecule has 0 amide bonds. The molecule has 0 fully saturated rings. The number of halogens is 1. The van der Waals surface area contributed by atoms with E-state index in [1.54, 1.807) is 36.5 Å². The Morgan fingerprint density at radius 3 is 2.55 bits per heavy atom. The largest absolute Gasteiger partial charge is 0.384 e. The van der Waals surface area contributed by atoms with Gasteiger partial charge in [-0.15, -0.1) is 11.3 Å². The van der Waals surface area contributed by atoms with E-state index in [1.807, 2.05) is 30.3 Å². The lowest BCUT2D eigenvalue weighted by atomic mass is 9.94. The van der Waals surface area contributed by atoms with E-state index in [-0.39, 0.29) is 12.2 Å². The molecule has 0 aliphatic heterocycles. The molecule has 0 saturated heterocycles. The minimum absolute atomic E-state index is 0.270. The van der Waals surface area contributed by atoms with Gasteiger partial charge in [0.05, 0.1) is 0 Å². The first-order chi connectivity index (χ1) is 9.56. The average molecular weight is 286 g/mol.